The minimum Gasteiger partial charge on any atom is -0.396 e. The summed E-state index contributed by atoms with van der Waals surface area (Å²) in [5.74, 6) is 0.227. The number of carbonyl (C=O) groups is 1. The first-order valence-corrected chi connectivity index (χ1v) is 6.59. The molecule has 1 aliphatic heterocycles. The molecule has 1 amide bonds. The predicted molar refractivity (Wildman–Crippen MR) is 67.9 cm³/mol. The Morgan fingerprint density at radius 1 is 1.67 bits per heavy atom. The molecule has 100 valence electrons. The smallest absolute Gasteiger partial charge is 0.225 e. The van der Waals surface area contributed by atoms with Crippen molar-refractivity contribution in [1.29, 1.82) is 0 Å². The molecule has 1 saturated heterocycles. The van der Waals surface area contributed by atoms with Crippen LogP contribution in [0.15, 0.2) is 6.07 Å². The van der Waals surface area contributed by atoms with Crippen LogP contribution in [-0.4, -0.2) is 39.3 Å². The minimum absolute atomic E-state index is 0.0291. The maximum atomic E-state index is 12.1. The summed E-state index contributed by atoms with van der Waals surface area (Å²) in [6, 6.07) is 2.07. The van der Waals surface area contributed by atoms with Crippen LogP contribution in [0, 0.1) is 5.92 Å². The molecule has 2 heterocycles. The molecule has 0 bridgehead atoms. The normalized spacial score (nSPS) is 19.8. The molecule has 5 heteroatoms. The van der Waals surface area contributed by atoms with E-state index in [1.807, 2.05) is 24.8 Å². The molecule has 0 aromatic carbocycles. The molecule has 1 aliphatic rings. The molecular weight excluding hydrogens is 230 g/mol. The van der Waals surface area contributed by atoms with E-state index in [4.69, 9.17) is 5.11 Å². The molecule has 1 aromatic heterocycles. The van der Waals surface area contributed by atoms with E-state index >= 15 is 0 Å². The first-order chi connectivity index (χ1) is 8.63. The van der Waals surface area contributed by atoms with E-state index in [1.54, 1.807) is 0 Å². The number of aliphatic hydroxyl groups excluding tert-OH is 1. The highest BCUT2D eigenvalue weighted by atomic mass is 16.3. The predicted octanol–water partition coefficient (Wildman–Crippen LogP) is 1.26. The second-order valence-electron chi connectivity index (χ2n) is 5.14. The molecule has 1 aromatic rings. The molecule has 18 heavy (non-hydrogen) atoms. The van der Waals surface area contributed by atoms with Crippen LogP contribution >= 0.6 is 0 Å². The van der Waals surface area contributed by atoms with Crippen molar-refractivity contribution in [2.75, 3.05) is 13.2 Å². The number of hydrogen-bond donors (Lipinski definition) is 2. The van der Waals surface area contributed by atoms with E-state index in [1.165, 1.54) is 0 Å². The fourth-order valence-corrected chi connectivity index (χ4v) is 2.47. The van der Waals surface area contributed by atoms with Gasteiger partial charge in [0.05, 0.1) is 11.7 Å². The molecule has 0 spiro atoms. The van der Waals surface area contributed by atoms with Gasteiger partial charge in [-0.3, -0.25) is 9.89 Å². The Balaban J connectivity index is 2.12. The monoisotopic (exact) mass is 251 g/mol. The molecule has 1 atom stereocenters. The average molecular weight is 251 g/mol. The largest absolute Gasteiger partial charge is 0.396 e. The van der Waals surface area contributed by atoms with Gasteiger partial charge in [0.1, 0.15) is 0 Å². The van der Waals surface area contributed by atoms with Gasteiger partial charge in [-0.15, -0.1) is 0 Å². The van der Waals surface area contributed by atoms with E-state index in [-0.39, 0.29) is 24.5 Å². The molecule has 0 unspecified atom stereocenters. The van der Waals surface area contributed by atoms with Crippen molar-refractivity contribution in [2.45, 2.75) is 39.2 Å². The summed E-state index contributed by atoms with van der Waals surface area (Å²) < 4.78 is 0. The summed E-state index contributed by atoms with van der Waals surface area (Å²) in [6.45, 7) is 4.80. The molecule has 0 aliphatic carbocycles. The summed E-state index contributed by atoms with van der Waals surface area (Å²) in [4.78, 5) is 14.0. The Morgan fingerprint density at radius 3 is 3.11 bits per heavy atom. The number of nitrogens with zero attached hydrogens (tertiary/aromatic N) is 2. The van der Waals surface area contributed by atoms with Crippen molar-refractivity contribution in [3.63, 3.8) is 0 Å². The third-order valence-electron chi connectivity index (χ3n) is 3.40. The SMILES string of the molecule is CC(C)C(=O)N1CCC[C@@H]1c1cc(CCO)[nH]n1. The summed E-state index contributed by atoms with van der Waals surface area (Å²) >= 11 is 0. The standard InChI is InChI=1S/C13H21N3O2/c1-9(2)13(18)16-6-3-4-12(16)11-8-10(5-7-17)14-15-11/h8-9,12,17H,3-7H2,1-2H3,(H,14,15)/t12-/m1/s1. The van der Waals surface area contributed by atoms with Crippen molar-refractivity contribution in [3.05, 3.63) is 17.5 Å². The minimum atomic E-state index is 0.0291. The number of likely N-dealkylation sites (tertiary alicyclic amines) is 1. The zero-order valence-electron chi connectivity index (χ0n) is 11.0. The lowest BCUT2D eigenvalue weighted by molar-refractivity contribution is -0.135. The highest BCUT2D eigenvalue weighted by molar-refractivity contribution is 5.78. The number of carbonyl (C=O) groups excluding carboxylic acids is 1. The Bertz CT molecular complexity index is 414. The van der Waals surface area contributed by atoms with Crippen LogP contribution in [0.1, 0.15) is 44.1 Å². The maximum absolute atomic E-state index is 12.1. The fraction of sp³-hybridized carbons (Fsp3) is 0.692. The summed E-state index contributed by atoms with van der Waals surface area (Å²) in [7, 11) is 0. The number of nitrogens with one attached hydrogen (secondary N) is 1. The lowest BCUT2D eigenvalue weighted by Gasteiger charge is -2.25. The Labute approximate surface area is 107 Å². The number of H-pyrrole nitrogens is 1. The molecular formula is C13H21N3O2. The molecule has 0 saturated carbocycles. The van der Waals surface area contributed by atoms with Crippen LogP contribution in [0.5, 0.6) is 0 Å². The number of aromatic nitrogens is 2. The van der Waals surface area contributed by atoms with Crippen LogP contribution in [-0.2, 0) is 11.2 Å². The number of amides is 1. The van der Waals surface area contributed by atoms with E-state index in [0.29, 0.717) is 6.42 Å². The van der Waals surface area contributed by atoms with Crippen molar-refractivity contribution >= 4 is 5.91 Å². The summed E-state index contributed by atoms with van der Waals surface area (Å²) in [5, 5.41) is 16.1. The highest BCUT2D eigenvalue weighted by Gasteiger charge is 2.32. The van der Waals surface area contributed by atoms with E-state index in [9.17, 15) is 4.79 Å². The highest BCUT2D eigenvalue weighted by Crippen LogP contribution is 2.32. The molecule has 0 radical (unpaired) electrons. The quantitative estimate of drug-likeness (QED) is 0.846. The Morgan fingerprint density at radius 2 is 2.44 bits per heavy atom. The zero-order chi connectivity index (χ0) is 13.1. The molecule has 1 fully saturated rings. The summed E-state index contributed by atoms with van der Waals surface area (Å²) in [6.07, 6.45) is 2.59. The Kier molecular flexibility index (Phi) is 4.01. The Hall–Kier alpha value is -1.36. The van der Waals surface area contributed by atoms with Crippen LogP contribution in [0.25, 0.3) is 0 Å². The lowest BCUT2D eigenvalue weighted by Crippen LogP contribution is -2.33. The van der Waals surface area contributed by atoms with Crippen molar-refractivity contribution in [2.24, 2.45) is 5.92 Å². The third-order valence-corrected chi connectivity index (χ3v) is 3.40. The van der Waals surface area contributed by atoms with Gasteiger partial charge in [-0.25, -0.2) is 0 Å². The van der Waals surface area contributed by atoms with Gasteiger partial charge in [-0.1, -0.05) is 13.8 Å². The number of rotatable bonds is 4. The van der Waals surface area contributed by atoms with Crippen LogP contribution in [0.4, 0.5) is 0 Å². The van der Waals surface area contributed by atoms with Gasteiger partial charge in [0, 0.05) is 31.2 Å². The van der Waals surface area contributed by atoms with E-state index in [0.717, 1.165) is 30.8 Å². The molecule has 5 nitrogen and oxygen atoms in total. The number of aliphatic hydroxyl groups is 1. The van der Waals surface area contributed by atoms with Crippen molar-refractivity contribution < 1.29 is 9.90 Å². The first kappa shape index (κ1) is 13.1. The van der Waals surface area contributed by atoms with Gasteiger partial charge in [0.25, 0.3) is 0 Å². The van der Waals surface area contributed by atoms with Gasteiger partial charge in [0.2, 0.25) is 5.91 Å². The van der Waals surface area contributed by atoms with Crippen LogP contribution in [0.2, 0.25) is 0 Å². The van der Waals surface area contributed by atoms with Crippen LogP contribution in [0.3, 0.4) is 0 Å². The first-order valence-electron chi connectivity index (χ1n) is 6.59. The average Bonchev–Trinajstić information content (AvgIpc) is 2.95. The van der Waals surface area contributed by atoms with E-state index < -0.39 is 0 Å². The number of aromatic amines is 1. The van der Waals surface area contributed by atoms with Gasteiger partial charge >= 0.3 is 0 Å². The van der Waals surface area contributed by atoms with Gasteiger partial charge in [-0.2, -0.15) is 5.10 Å². The lowest BCUT2D eigenvalue weighted by atomic mass is 10.1. The topological polar surface area (TPSA) is 69.2 Å². The van der Waals surface area contributed by atoms with Crippen LogP contribution < -0.4 is 0 Å². The third kappa shape index (κ3) is 2.56. The number of hydrogen-bond acceptors (Lipinski definition) is 3. The fourth-order valence-electron chi connectivity index (χ4n) is 2.47. The van der Waals surface area contributed by atoms with E-state index in [2.05, 4.69) is 10.2 Å². The molecule has 2 N–H and O–H groups in total. The van der Waals surface area contributed by atoms with Gasteiger partial charge in [0.15, 0.2) is 0 Å². The second-order valence-corrected chi connectivity index (χ2v) is 5.14. The van der Waals surface area contributed by atoms with Gasteiger partial charge in [-0.05, 0) is 18.9 Å². The summed E-state index contributed by atoms with van der Waals surface area (Å²) in [5.41, 5.74) is 1.85. The second kappa shape index (κ2) is 5.52. The molecule has 2 rings (SSSR count). The van der Waals surface area contributed by atoms with Crippen molar-refractivity contribution in [3.8, 4) is 0 Å². The van der Waals surface area contributed by atoms with Crippen molar-refractivity contribution in [1.82, 2.24) is 15.1 Å². The zero-order valence-corrected chi connectivity index (χ0v) is 11.0. The van der Waals surface area contributed by atoms with Gasteiger partial charge < -0.3 is 10.0 Å². The maximum Gasteiger partial charge on any atom is 0.225 e.